The number of amides is 1. The fourth-order valence-electron chi connectivity index (χ4n) is 2.59. The fraction of sp³-hybridized carbons (Fsp3) is 0.526. The molecule has 0 aliphatic carbocycles. The minimum atomic E-state index is -0.0424. The topological polar surface area (TPSA) is 41.6 Å². The summed E-state index contributed by atoms with van der Waals surface area (Å²) < 4.78 is 5.25. The highest BCUT2D eigenvalue weighted by molar-refractivity contribution is 5.92. The van der Waals surface area contributed by atoms with Crippen molar-refractivity contribution in [3.8, 4) is 5.75 Å². The zero-order valence-electron chi connectivity index (χ0n) is 15.1. The van der Waals surface area contributed by atoms with Crippen LogP contribution in [-0.2, 0) is 4.79 Å². The van der Waals surface area contributed by atoms with Crippen LogP contribution in [-0.4, -0.2) is 44.1 Å². The maximum Gasteiger partial charge on any atom is 0.244 e. The first-order valence-electron chi connectivity index (χ1n) is 8.35. The third kappa shape index (κ3) is 6.45. The molecule has 0 fully saturated rings. The molecule has 0 saturated heterocycles. The van der Waals surface area contributed by atoms with Gasteiger partial charge in [-0.3, -0.25) is 4.79 Å². The highest BCUT2D eigenvalue weighted by Crippen LogP contribution is 2.22. The Morgan fingerprint density at radius 3 is 2.35 bits per heavy atom. The Morgan fingerprint density at radius 1 is 1.22 bits per heavy atom. The molecule has 0 bridgehead atoms. The second kappa shape index (κ2) is 10.1. The molecule has 0 heterocycles. The minimum absolute atomic E-state index is 0.0424. The van der Waals surface area contributed by atoms with E-state index in [-0.39, 0.29) is 5.91 Å². The number of hydrogen-bond acceptors (Lipinski definition) is 3. The first kappa shape index (κ1) is 19.2. The van der Waals surface area contributed by atoms with Crippen LogP contribution in [0.5, 0.6) is 5.75 Å². The molecule has 128 valence electrons. The lowest BCUT2D eigenvalue weighted by atomic mass is 10.0. The van der Waals surface area contributed by atoms with Gasteiger partial charge in [0.2, 0.25) is 5.91 Å². The van der Waals surface area contributed by atoms with Gasteiger partial charge < -0.3 is 15.0 Å². The Kier molecular flexibility index (Phi) is 8.41. The van der Waals surface area contributed by atoms with Crippen molar-refractivity contribution in [1.82, 2.24) is 10.2 Å². The molecule has 1 aromatic carbocycles. The van der Waals surface area contributed by atoms with Gasteiger partial charge in [-0.05, 0) is 74.8 Å². The van der Waals surface area contributed by atoms with Crippen LogP contribution in [0.4, 0.5) is 0 Å². The number of carbonyl (C=O) groups excluding carboxylic acids is 1. The summed E-state index contributed by atoms with van der Waals surface area (Å²) in [5.41, 5.74) is 3.28. The van der Waals surface area contributed by atoms with Crippen molar-refractivity contribution in [2.75, 3.05) is 33.3 Å². The van der Waals surface area contributed by atoms with Crippen LogP contribution in [0, 0.1) is 13.8 Å². The second-order valence-electron chi connectivity index (χ2n) is 5.68. The van der Waals surface area contributed by atoms with E-state index in [2.05, 4.69) is 24.1 Å². The summed E-state index contributed by atoms with van der Waals surface area (Å²) in [6, 6.07) is 3.96. The van der Waals surface area contributed by atoms with Gasteiger partial charge in [0.15, 0.2) is 0 Å². The number of carbonyl (C=O) groups is 1. The van der Waals surface area contributed by atoms with Gasteiger partial charge in [-0.15, -0.1) is 0 Å². The number of benzene rings is 1. The Labute approximate surface area is 140 Å². The van der Waals surface area contributed by atoms with Crippen LogP contribution in [0.2, 0.25) is 0 Å². The number of ether oxygens (including phenoxy) is 1. The molecule has 0 unspecified atom stereocenters. The molecule has 0 spiro atoms. The van der Waals surface area contributed by atoms with Crippen molar-refractivity contribution in [2.45, 2.75) is 34.1 Å². The number of hydrogen-bond donors (Lipinski definition) is 1. The summed E-state index contributed by atoms with van der Waals surface area (Å²) in [4.78, 5) is 14.3. The number of nitrogens with one attached hydrogen (secondary N) is 1. The van der Waals surface area contributed by atoms with Crippen molar-refractivity contribution in [3.63, 3.8) is 0 Å². The SMILES string of the molecule is CCN(CC)CCCNC(=O)/C=C/c1c(C)cc(OC)cc1C. The van der Waals surface area contributed by atoms with Gasteiger partial charge in [-0.1, -0.05) is 13.8 Å². The van der Waals surface area contributed by atoms with Crippen molar-refractivity contribution >= 4 is 12.0 Å². The summed E-state index contributed by atoms with van der Waals surface area (Å²) in [5.74, 6) is 0.803. The van der Waals surface area contributed by atoms with Gasteiger partial charge in [-0.25, -0.2) is 0 Å². The molecule has 0 aliphatic rings. The summed E-state index contributed by atoms with van der Waals surface area (Å²) in [7, 11) is 1.66. The first-order chi connectivity index (χ1) is 11.0. The Morgan fingerprint density at radius 2 is 1.83 bits per heavy atom. The molecule has 0 aromatic heterocycles. The molecule has 1 aromatic rings. The average Bonchev–Trinajstić information content (AvgIpc) is 2.54. The zero-order valence-corrected chi connectivity index (χ0v) is 15.1. The number of nitrogens with zero attached hydrogens (tertiary/aromatic N) is 1. The maximum absolute atomic E-state index is 11.9. The normalized spacial score (nSPS) is 11.2. The Bertz CT molecular complexity index is 511. The van der Waals surface area contributed by atoms with Crippen LogP contribution >= 0.6 is 0 Å². The Balaban J connectivity index is 2.50. The van der Waals surface area contributed by atoms with E-state index < -0.39 is 0 Å². The van der Waals surface area contributed by atoms with Crippen molar-refractivity contribution < 1.29 is 9.53 Å². The van der Waals surface area contributed by atoms with E-state index in [0.29, 0.717) is 6.54 Å². The lowest BCUT2D eigenvalue weighted by molar-refractivity contribution is -0.116. The monoisotopic (exact) mass is 318 g/mol. The minimum Gasteiger partial charge on any atom is -0.497 e. The Hall–Kier alpha value is -1.81. The molecule has 1 rings (SSSR count). The molecule has 0 atom stereocenters. The van der Waals surface area contributed by atoms with Gasteiger partial charge >= 0.3 is 0 Å². The molecule has 4 heteroatoms. The summed E-state index contributed by atoms with van der Waals surface area (Å²) in [6.45, 7) is 12.2. The van der Waals surface area contributed by atoms with E-state index in [1.807, 2.05) is 32.1 Å². The zero-order chi connectivity index (χ0) is 17.2. The fourth-order valence-corrected chi connectivity index (χ4v) is 2.59. The van der Waals surface area contributed by atoms with Crippen molar-refractivity contribution in [1.29, 1.82) is 0 Å². The van der Waals surface area contributed by atoms with E-state index in [9.17, 15) is 4.79 Å². The highest BCUT2D eigenvalue weighted by atomic mass is 16.5. The maximum atomic E-state index is 11.9. The summed E-state index contributed by atoms with van der Waals surface area (Å²) >= 11 is 0. The largest absolute Gasteiger partial charge is 0.497 e. The molecule has 1 amide bonds. The third-order valence-electron chi connectivity index (χ3n) is 4.05. The predicted molar refractivity (Wildman–Crippen MR) is 96.9 cm³/mol. The molecule has 0 aliphatic heterocycles. The highest BCUT2D eigenvalue weighted by Gasteiger charge is 2.04. The van der Waals surface area contributed by atoms with Gasteiger partial charge in [0.25, 0.3) is 0 Å². The molecule has 0 radical (unpaired) electrons. The molecule has 4 nitrogen and oxygen atoms in total. The lowest BCUT2D eigenvalue weighted by Crippen LogP contribution is -2.29. The summed E-state index contributed by atoms with van der Waals surface area (Å²) in [6.07, 6.45) is 4.46. The predicted octanol–water partition coefficient (Wildman–Crippen LogP) is 3.17. The molecule has 0 saturated carbocycles. The van der Waals surface area contributed by atoms with Gasteiger partial charge in [0.05, 0.1) is 7.11 Å². The van der Waals surface area contributed by atoms with E-state index in [4.69, 9.17) is 4.74 Å². The standard InChI is InChI=1S/C19H30N2O2/c1-6-21(7-2)12-8-11-20-19(22)10-9-18-15(3)13-17(23-5)14-16(18)4/h9-10,13-14H,6-8,11-12H2,1-5H3,(H,20,22)/b10-9+. The lowest BCUT2D eigenvalue weighted by Gasteiger charge is -2.17. The number of rotatable bonds is 9. The van der Waals surface area contributed by atoms with Crippen LogP contribution in [0.1, 0.15) is 37.0 Å². The summed E-state index contributed by atoms with van der Waals surface area (Å²) in [5, 5.41) is 2.94. The van der Waals surface area contributed by atoms with Crippen molar-refractivity contribution in [2.24, 2.45) is 0 Å². The van der Waals surface area contributed by atoms with E-state index in [1.54, 1.807) is 13.2 Å². The molecule has 1 N–H and O–H groups in total. The average molecular weight is 318 g/mol. The quantitative estimate of drug-likeness (QED) is 0.562. The van der Waals surface area contributed by atoms with Gasteiger partial charge in [-0.2, -0.15) is 0 Å². The molecule has 23 heavy (non-hydrogen) atoms. The van der Waals surface area contributed by atoms with E-state index >= 15 is 0 Å². The van der Waals surface area contributed by atoms with Crippen LogP contribution in [0.25, 0.3) is 6.08 Å². The van der Waals surface area contributed by atoms with Crippen molar-refractivity contribution in [3.05, 3.63) is 34.9 Å². The smallest absolute Gasteiger partial charge is 0.244 e. The number of methoxy groups -OCH3 is 1. The third-order valence-corrected chi connectivity index (χ3v) is 4.05. The molecular weight excluding hydrogens is 288 g/mol. The van der Waals surface area contributed by atoms with Gasteiger partial charge in [0, 0.05) is 12.6 Å². The van der Waals surface area contributed by atoms with Gasteiger partial charge in [0.1, 0.15) is 5.75 Å². The van der Waals surface area contributed by atoms with E-state index in [0.717, 1.165) is 48.5 Å². The van der Waals surface area contributed by atoms with Crippen LogP contribution in [0.3, 0.4) is 0 Å². The van der Waals surface area contributed by atoms with Crippen LogP contribution < -0.4 is 10.1 Å². The molecular formula is C19H30N2O2. The second-order valence-corrected chi connectivity index (χ2v) is 5.68. The first-order valence-corrected chi connectivity index (χ1v) is 8.35. The van der Waals surface area contributed by atoms with E-state index in [1.165, 1.54) is 0 Å². The van der Waals surface area contributed by atoms with Crippen LogP contribution in [0.15, 0.2) is 18.2 Å². The number of aryl methyl sites for hydroxylation is 2.